The third-order valence-electron chi connectivity index (χ3n) is 3.74. The number of hydrogen-bond donors (Lipinski definition) is 0. The minimum atomic E-state index is -0.252. The fourth-order valence-electron chi connectivity index (χ4n) is 2.65. The van der Waals surface area contributed by atoms with Crippen LogP contribution >= 0.6 is 11.6 Å². The van der Waals surface area contributed by atoms with Crippen molar-refractivity contribution >= 4 is 22.6 Å². The van der Waals surface area contributed by atoms with Crippen LogP contribution in [0.1, 0.15) is 5.82 Å². The second-order valence-corrected chi connectivity index (χ2v) is 5.55. The zero-order chi connectivity index (χ0) is 14.1. The molecule has 20 heavy (non-hydrogen) atoms. The lowest BCUT2D eigenvalue weighted by molar-refractivity contribution is 0.287. The van der Waals surface area contributed by atoms with Crippen LogP contribution in [-0.2, 0) is 6.42 Å². The lowest BCUT2D eigenvalue weighted by Crippen LogP contribution is -2.50. The molecule has 3 rings (SSSR count). The number of piperazine rings is 1. The maximum Gasteiger partial charge on any atom is 0.130 e. The number of fused-ring (bicyclic) bond motifs is 1. The molecule has 1 saturated heterocycles. The third-order valence-corrected chi connectivity index (χ3v) is 3.93. The lowest BCUT2D eigenvalue weighted by atomic mass is 10.3. The first-order valence-electron chi connectivity index (χ1n) is 6.85. The van der Waals surface area contributed by atoms with E-state index in [1.165, 1.54) is 12.1 Å². The van der Waals surface area contributed by atoms with Gasteiger partial charge in [0.05, 0.1) is 11.0 Å². The van der Waals surface area contributed by atoms with Crippen molar-refractivity contribution in [3.8, 4) is 0 Å². The molecule has 0 amide bonds. The average molecular weight is 297 g/mol. The Kier molecular flexibility index (Phi) is 3.81. The fraction of sp³-hybridized carbons (Fsp3) is 0.500. The van der Waals surface area contributed by atoms with Gasteiger partial charge in [-0.3, -0.25) is 0 Å². The molecule has 1 aliphatic heterocycles. The van der Waals surface area contributed by atoms with Crippen LogP contribution in [0.15, 0.2) is 18.2 Å². The highest BCUT2D eigenvalue weighted by Crippen LogP contribution is 2.19. The predicted octanol–water partition coefficient (Wildman–Crippen LogP) is 1.84. The number of alkyl halides is 1. The molecule has 1 fully saturated rings. The number of imidazole rings is 1. The van der Waals surface area contributed by atoms with Crippen molar-refractivity contribution in [2.45, 2.75) is 6.42 Å². The van der Waals surface area contributed by atoms with Crippen LogP contribution in [0.3, 0.4) is 0 Å². The molecule has 1 aromatic heterocycles. The number of aromatic nitrogens is 2. The Bertz CT molecular complexity index is 604. The summed E-state index contributed by atoms with van der Waals surface area (Å²) in [6.07, 6.45) is 0.685. The smallest absolute Gasteiger partial charge is 0.130 e. The Morgan fingerprint density at radius 1 is 1.25 bits per heavy atom. The monoisotopic (exact) mass is 296 g/mol. The maximum absolute atomic E-state index is 13.4. The van der Waals surface area contributed by atoms with Gasteiger partial charge in [0.1, 0.15) is 11.6 Å². The highest BCUT2D eigenvalue weighted by atomic mass is 35.5. The molecule has 0 spiro atoms. The number of rotatable bonds is 3. The number of likely N-dealkylation sites (N-methyl/N-ethyl adjacent to an activating group) is 1. The molecule has 0 radical (unpaired) electrons. The molecule has 2 aromatic rings. The molecule has 0 atom stereocenters. The van der Waals surface area contributed by atoms with E-state index in [0.717, 1.165) is 37.5 Å². The van der Waals surface area contributed by atoms with Crippen LogP contribution in [0.4, 0.5) is 4.39 Å². The van der Waals surface area contributed by atoms with E-state index in [9.17, 15) is 4.39 Å². The van der Waals surface area contributed by atoms with Crippen molar-refractivity contribution in [1.82, 2.24) is 14.6 Å². The Hall–Kier alpha value is -1.33. The van der Waals surface area contributed by atoms with Gasteiger partial charge in [-0.25, -0.2) is 14.1 Å². The highest BCUT2D eigenvalue weighted by molar-refractivity contribution is 6.17. The summed E-state index contributed by atoms with van der Waals surface area (Å²) in [7, 11) is 2.12. The van der Waals surface area contributed by atoms with Crippen LogP contribution < -0.4 is 5.01 Å². The van der Waals surface area contributed by atoms with Crippen molar-refractivity contribution in [3.63, 3.8) is 0 Å². The van der Waals surface area contributed by atoms with E-state index >= 15 is 0 Å². The first-order valence-corrected chi connectivity index (χ1v) is 7.39. The summed E-state index contributed by atoms with van der Waals surface area (Å²) in [6.45, 7) is 3.91. The summed E-state index contributed by atoms with van der Waals surface area (Å²) < 4.78 is 15.5. The average Bonchev–Trinajstić information content (AvgIpc) is 2.77. The predicted molar refractivity (Wildman–Crippen MR) is 79.6 cm³/mol. The molecule has 4 nitrogen and oxygen atoms in total. The Morgan fingerprint density at radius 3 is 2.70 bits per heavy atom. The van der Waals surface area contributed by atoms with Gasteiger partial charge in [0, 0.05) is 44.5 Å². The van der Waals surface area contributed by atoms with E-state index in [0.29, 0.717) is 17.8 Å². The van der Waals surface area contributed by atoms with Gasteiger partial charge in [-0.15, -0.1) is 11.6 Å². The van der Waals surface area contributed by atoms with Crippen LogP contribution in [0.5, 0.6) is 0 Å². The van der Waals surface area contributed by atoms with Gasteiger partial charge in [0.2, 0.25) is 0 Å². The van der Waals surface area contributed by atoms with E-state index in [2.05, 4.69) is 26.6 Å². The number of hydrogen-bond acceptors (Lipinski definition) is 3. The molecule has 0 unspecified atom stereocenters. The van der Waals surface area contributed by atoms with E-state index < -0.39 is 0 Å². The van der Waals surface area contributed by atoms with E-state index in [4.69, 9.17) is 11.6 Å². The SMILES string of the molecule is CN1CCN(n2c(CCCl)nc3cc(F)ccc32)CC1. The third kappa shape index (κ3) is 2.47. The van der Waals surface area contributed by atoms with Crippen molar-refractivity contribution in [1.29, 1.82) is 0 Å². The Labute approximate surface area is 122 Å². The van der Waals surface area contributed by atoms with E-state index in [-0.39, 0.29) is 5.82 Å². The van der Waals surface area contributed by atoms with Gasteiger partial charge in [-0.1, -0.05) is 0 Å². The van der Waals surface area contributed by atoms with Crippen molar-refractivity contribution < 1.29 is 4.39 Å². The number of nitrogens with zero attached hydrogens (tertiary/aromatic N) is 4. The lowest BCUT2D eigenvalue weighted by Gasteiger charge is -2.35. The largest absolute Gasteiger partial charge is 0.308 e. The topological polar surface area (TPSA) is 24.3 Å². The molecular weight excluding hydrogens is 279 g/mol. The summed E-state index contributed by atoms with van der Waals surface area (Å²) in [5.41, 5.74) is 1.65. The molecule has 0 saturated carbocycles. The molecule has 1 aliphatic rings. The summed E-state index contributed by atoms with van der Waals surface area (Å²) in [5.74, 6) is 1.17. The van der Waals surface area contributed by atoms with Gasteiger partial charge in [0.25, 0.3) is 0 Å². The van der Waals surface area contributed by atoms with Gasteiger partial charge >= 0.3 is 0 Å². The minimum absolute atomic E-state index is 0.252. The first kappa shape index (κ1) is 13.6. The number of halogens is 2. The molecule has 2 heterocycles. The van der Waals surface area contributed by atoms with Crippen molar-refractivity contribution in [3.05, 3.63) is 29.8 Å². The second kappa shape index (κ2) is 5.58. The summed E-state index contributed by atoms with van der Waals surface area (Å²) in [4.78, 5) is 6.84. The second-order valence-electron chi connectivity index (χ2n) is 5.17. The van der Waals surface area contributed by atoms with Crippen molar-refractivity contribution in [2.24, 2.45) is 0 Å². The van der Waals surface area contributed by atoms with E-state index in [1.54, 1.807) is 6.07 Å². The molecule has 0 N–H and O–H groups in total. The zero-order valence-corrected chi connectivity index (χ0v) is 12.3. The molecule has 108 valence electrons. The summed E-state index contributed by atoms with van der Waals surface area (Å²) in [6, 6.07) is 4.77. The van der Waals surface area contributed by atoms with Crippen LogP contribution in [0.2, 0.25) is 0 Å². The van der Waals surface area contributed by atoms with Crippen molar-refractivity contribution in [2.75, 3.05) is 44.1 Å². The Morgan fingerprint density at radius 2 is 2.00 bits per heavy atom. The highest BCUT2D eigenvalue weighted by Gasteiger charge is 2.20. The van der Waals surface area contributed by atoms with Crippen LogP contribution in [0.25, 0.3) is 11.0 Å². The first-order chi connectivity index (χ1) is 9.69. The van der Waals surface area contributed by atoms with Gasteiger partial charge < -0.3 is 9.91 Å². The number of aryl methyl sites for hydroxylation is 1. The van der Waals surface area contributed by atoms with Crippen LogP contribution in [0, 0.1) is 5.82 Å². The minimum Gasteiger partial charge on any atom is -0.308 e. The van der Waals surface area contributed by atoms with Gasteiger partial charge in [-0.2, -0.15) is 0 Å². The van der Waals surface area contributed by atoms with Gasteiger partial charge in [-0.05, 0) is 19.2 Å². The molecule has 0 aliphatic carbocycles. The van der Waals surface area contributed by atoms with E-state index in [1.807, 2.05) is 0 Å². The normalized spacial score (nSPS) is 17.1. The molecule has 1 aromatic carbocycles. The molecule has 0 bridgehead atoms. The Balaban J connectivity index is 2.04. The van der Waals surface area contributed by atoms with Gasteiger partial charge in [0.15, 0.2) is 0 Å². The quantitative estimate of drug-likeness (QED) is 0.808. The number of benzene rings is 1. The standard InChI is InChI=1S/C14H18ClFN4/c1-18-6-8-19(9-7-18)20-13-3-2-11(16)10-12(13)17-14(20)4-5-15/h2-3,10H,4-9H2,1H3. The molecular formula is C14H18ClFN4. The van der Waals surface area contributed by atoms with Crippen LogP contribution in [-0.4, -0.2) is 53.7 Å². The zero-order valence-electron chi connectivity index (χ0n) is 11.5. The fourth-order valence-corrected chi connectivity index (χ4v) is 2.82. The summed E-state index contributed by atoms with van der Waals surface area (Å²) >= 11 is 5.87. The summed E-state index contributed by atoms with van der Waals surface area (Å²) in [5, 5.41) is 2.27. The maximum atomic E-state index is 13.4. The molecule has 6 heteroatoms.